The third-order valence-electron chi connectivity index (χ3n) is 15.0. The van der Waals surface area contributed by atoms with Crippen molar-refractivity contribution in [2.45, 2.75) is 180 Å². The van der Waals surface area contributed by atoms with Crippen LogP contribution < -0.4 is 0 Å². The van der Waals surface area contributed by atoms with Gasteiger partial charge in [0.15, 0.2) is 22.2 Å². The molecular formula is C43H68O11Si2. The summed E-state index contributed by atoms with van der Waals surface area (Å²) in [7, 11) is -5.04. The van der Waals surface area contributed by atoms with E-state index in [0.29, 0.717) is 17.6 Å². The molecule has 5 rings (SSSR count). The van der Waals surface area contributed by atoms with Crippen molar-refractivity contribution >= 4 is 34.5 Å². The van der Waals surface area contributed by atoms with E-state index in [-0.39, 0.29) is 18.6 Å². The molecule has 1 aliphatic heterocycles. The predicted molar refractivity (Wildman–Crippen MR) is 218 cm³/mol. The molecule has 0 amide bonds. The van der Waals surface area contributed by atoms with Gasteiger partial charge in [-0.05, 0) is 66.5 Å². The van der Waals surface area contributed by atoms with Crippen LogP contribution in [0.25, 0.3) is 0 Å². The number of rotatable bonds is 14. The number of hydrogen-bond donors (Lipinski definition) is 2. The number of hydrogen-bond acceptors (Lipinski definition) is 11. The smallest absolute Gasteiger partial charge is 0.338 e. The van der Waals surface area contributed by atoms with Gasteiger partial charge in [0.25, 0.3) is 0 Å². The van der Waals surface area contributed by atoms with Crippen LogP contribution in [0.2, 0.25) is 36.3 Å². The first-order valence-electron chi connectivity index (χ1n) is 21.0. The third-order valence-corrected chi connectivity index (χ3v) is 24.3. The number of ether oxygens (including phenoxy) is 4. The maximum absolute atomic E-state index is 14.5. The molecule has 2 bridgehead atoms. The maximum Gasteiger partial charge on any atom is 0.338 e. The lowest BCUT2D eigenvalue weighted by atomic mass is 9.44. The van der Waals surface area contributed by atoms with E-state index >= 15 is 0 Å². The lowest BCUT2D eigenvalue weighted by molar-refractivity contribution is -0.363. The molecule has 1 unspecified atom stereocenters. The Labute approximate surface area is 336 Å². The first-order valence-corrected chi connectivity index (χ1v) is 26.0. The topological polar surface area (TPSA) is 147 Å². The molecule has 0 radical (unpaired) electrons. The largest absolute Gasteiger partial charge is 0.459 e. The van der Waals surface area contributed by atoms with Gasteiger partial charge >= 0.3 is 17.9 Å². The van der Waals surface area contributed by atoms with E-state index in [2.05, 4.69) is 41.5 Å². The van der Waals surface area contributed by atoms with Gasteiger partial charge in [-0.2, -0.15) is 0 Å². The van der Waals surface area contributed by atoms with Gasteiger partial charge in [0.1, 0.15) is 30.0 Å². The second-order valence-electron chi connectivity index (χ2n) is 17.6. The summed E-state index contributed by atoms with van der Waals surface area (Å²) in [5.74, 6) is -2.85. The first kappa shape index (κ1) is 44.7. The molecule has 11 nitrogen and oxygen atoms in total. The average molecular weight is 817 g/mol. The van der Waals surface area contributed by atoms with Crippen LogP contribution in [0.3, 0.4) is 0 Å². The SMILES string of the molecule is CC[Si](CC)(CC)O[C@@H]1C2=C(C)[C@@H](O)C[C@@](O)([C@@H](OC(=O)c3ccccc3)C3[C@@](C)([C@@H](O[Si](CC)(CC)CC)C[C@H]4OC[C@@]34OC(C)=O)[C@@H]1OC(C)=O)C2(C)C. The highest BCUT2D eigenvalue weighted by atomic mass is 28.4. The molecule has 314 valence electrons. The molecule has 2 N–H and O–H groups in total. The predicted octanol–water partition coefficient (Wildman–Crippen LogP) is 7.50. The summed E-state index contributed by atoms with van der Waals surface area (Å²) in [6, 6.07) is 13.4. The summed E-state index contributed by atoms with van der Waals surface area (Å²) in [5.41, 5.74) is -4.44. The minimum absolute atomic E-state index is 0.0435. The molecule has 1 aromatic rings. The Balaban J connectivity index is 1.97. The van der Waals surface area contributed by atoms with Crippen LogP contribution in [0.5, 0.6) is 0 Å². The molecule has 10 atom stereocenters. The monoisotopic (exact) mass is 816 g/mol. The molecule has 1 aromatic carbocycles. The molecule has 1 saturated heterocycles. The Bertz CT molecular complexity index is 1620. The Kier molecular flexibility index (Phi) is 13.0. The summed E-state index contributed by atoms with van der Waals surface area (Å²) in [5, 5.41) is 25.9. The second-order valence-corrected chi connectivity index (χ2v) is 27.1. The van der Waals surface area contributed by atoms with Crippen LogP contribution in [0.1, 0.15) is 106 Å². The normalized spacial score (nSPS) is 35.2. The van der Waals surface area contributed by atoms with Crippen molar-refractivity contribution in [2.24, 2.45) is 16.7 Å². The van der Waals surface area contributed by atoms with Crippen molar-refractivity contribution in [1.82, 2.24) is 0 Å². The van der Waals surface area contributed by atoms with Crippen LogP contribution in [0.4, 0.5) is 0 Å². The molecule has 2 saturated carbocycles. The number of benzene rings is 1. The van der Waals surface area contributed by atoms with E-state index in [0.717, 1.165) is 36.3 Å². The van der Waals surface area contributed by atoms with Crippen molar-refractivity contribution in [3.8, 4) is 0 Å². The zero-order valence-electron chi connectivity index (χ0n) is 35.9. The van der Waals surface area contributed by atoms with E-state index in [1.54, 1.807) is 30.3 Å². The quantitative estimate of drug-likeness (QED) is 0.0833. The molecule has 4 aliphatic rings. The summed E-state index contributed by atoms with van der Waals surface area (Å²) >= 11 is 0. The van der Waals surface area contributed by atoms with Gasteiger partial charge in [0, 0.05) is 37.5 Å². The highest BCUT2D eigenvalue weighted by molar-refractivity contribution is 6.74. The Morgan fingerprint density at radius 1 is 0.821 bits per heavy atom. The Morgan fingerprint density at radius 2 is 1.38 bits per heavy atom. The summed E-state index contributed by atoms with van der Waals surface area (Å²) < 4.78 is 41.4. The van der Waals surface area contributed by atoms with Gasteiger partial charge in [-0.1, -0.05) is 80.5 Å². The number of aliphatic hydroxyl groups excluding tert-OH is 1. The van der Waals surface area contributed by atoms with Crippen LogP contribution in [-0.4, -0.2) is 99.2 Å². The number of carbonyl (C=O) groups is 3. The lowest BCUT2D eigenvalue weighted by Gasteiger charge is -2.70. The van der Waals surface area contributed by atoms with Crippen LogP contribution in [0.15, 0.2) is 41.5 Å². The lowest BCUT2D eigenvalue weighted by Crippen LogP contribution is -2.83. The minimum Gasteiger partial charge on any atom is -0.459 e. The van der Waals surface area contributed by atoms with Gasteiger partial charge in [-0.25, -0.2) is 4.79 Å². The number of aliphatic hydroxyl groups is 2. The summed E-state index contributed by atoms with van der Waals surface area (Å²) in [6.45, 7) is 23.2. The zero-order valence-corrected chi connectivity index (χ0v) is 37.9. The highest BCUT2D eigenvalue weighted by Gasteiger charge is 2.79. The number of fused-ring (bicyclic) bond motifs is 5. The average Bonchev–Trinajstić information content (AvgIpc) is 3.16. The van der Waals surface area contributed by atoms with Gasteiger partial charge in [-0.3, -0.25) is 9.59 Å². The molecule has 0 spiro atoms. The fraction of sp³-hybridized carbons (Fsp3) is 0.744. The van der Waals surface area contributed by atoms with E-state index in [1.807, 2.05) is 27.7 Å². The van der Waals surface area contributed by atoms with E-state index in [9.17, 15) is 24.6 Å². The van der Waals surface area contributed by atoms with Crippen molar-refractivity contribution < 1.29 is 52.4 Å². The van der Waals surface area contributed by atoms with E-state index in [4.69, 9.17) is 27.8 Å². The fourth-order valence-corrected chi connectivity index (χ4v) is 16.8. The molecule has 3 aliphatic carbocycles. The zero-order chi connectivity index (χ0) is 41.6. The summed E-state index contributed by atoms with van der Waals surface area (Å²) in [4.78, 5) is 41.5. The van der Waals surface area contributed by atoms with Gasteiger partial charge in [0.2, 0.25) is 0 Å². The molecule has 3 fully saturated rings. The Hall–Kier alpha value is -2.40. The minimum atomic E-state index is -2.57. The fourth-order valence-electron chi connectivity index (χ4n) is 11.0. The van der Waals surface area contributed by atoms with Crippen LogP contribution >= 0.6 is 0 Å². The van der Waals surface area contributed by atoms with Crippen LogP contribution in [-0.2, 0) is 37.4 Å². The highest BCUT2D eigenvalue weighted by Crippen LogP contribution is 2.66. The second kappa shape index (κ2) is 16.3. The first-order chi connectivity index (χ1) is 26.3. The van der Waals surface area contributed by atoms with Crippen molar-refractivity contribution in [1.29, 1.82) is 0 Å². The van der Waals surface area contributed by atoms with Crippen molar-refractivity contribution in [3.05, 3.63) is 47.0 Å². The standard InChI is InChI=1S/C43H68O11Si2/c1-13-55(14-2,15-3)53-32-24-33-42(26-49-33,52-29(9)45)36-38(51-39(47)30-22-20-19-21-23-30)43(48)25-31(46)27(7)34(40(43,10)11)35(54-56(16-4,17-5)18-6)37(41(32,36)12)50-28(8)44/h19-23,31-33,35-38,46,48H,13-18,24-26H2,1-12H3/t31-,32-,33+,35+,36?,37+,38-,41+,42-,43+/m0/s1. The van der Waals surface area contributed by atoms with Crippen molar-refractivity contribution in [2.75, 3.05) is 6.61 Å². The third kappa shape index (κ3) is 7.08. The molecule has 0 aromatic heterocycles. The van der Waals surface area contributed by atoms with E-state index < -0.39 is 99.1 Å². The molecule has 13 heteroatoms. The molecular weight excluding hydrogens is 749 g/mol. The van der Waals surface area contributed by atoms with Gasteiger partial charge in [0.05, 0.1) is 30.3 Å². The number of esters is 3. The number of carbonyl (C=O) groups excluding carboxylic acids is 3. The maximum atomic E-state index is 14.5. The Morgan fingerprint density at radius 3 is 1.86 bits per heavy atom. The van der Waals surface area contributed by atoms with Gasteiger partial charge < -0.3 is 38.0 Å². The molecule has 56 heavy (non-hydrogen) atoms. The molecule has 1 heterocycles. The summed E-state index contributed by atoms with van der Waals surface area (Å²) in [6.07, 6.45) is -5.83. The van der Waals surface area contributed by atoms with E-state index in [1.165, 1.54) is 13.8 Å². The van der Waals surface area contributed by atoms with Crippen LogP contribution in [0, 0.1) is 16.7 Å². The van der Waals surface area contributed by atoms with Crippen molar-refractivity contribution in [3.63, 3.8) is 0 Å². The van der Waals surface area contributed by atoms with Gasteiger partial charge in [-0.15, -0.1) is 0 Å².